The van der Waals surface area contributed by atoms with Crippen molar-refractivity contribution in [3.63, 3.8) is 0 Å². The average molecular weight is 338 g/mol. The molecule has 0 unspecified atom stereocenters. The van der Waals surface area contributed by atoms with Gasteiger partial charge in [-0.25, -0.2) is 0 Å². The summed E-state index contributed by atoms with van der Waals surface area (Å²) in [5.41, 5.74) is 0.956. The van der Waals surface area contributed by atoms with Crippen molar-refractivity contribution in [3.8, 4) is 0 Å². The highest BCUT2D eigenvalue weighted by molar-refractivity contribution is 7.85. The summed E-state index contributed by atoms with van der Waals surface area (Å²) < 4.78 is 64.8. The summed E-state index contributed by atoms with van der Waals surface area (Å²) in [4.78, 5) is 2.83. The second kappa shape index (κ2) is 7.01. The highest BCUT2D eigenvalue weighted by Gasteiger charge is 2.30. The standard InChI is InChI=1S/C7H8O3S.C6H9F3N2/c1-6-2-4-7(5-3-6)11(8,9)10;1-10-2-3-11(5-10)4-6(7,8)9/h2-5H,1H3,(H,8,9,10);2-3H,4-5H2,1H3. The van der Waals surface area contributed by atoms with Gasteiger partial charge in [0.05, 0.1) is 11.6 Å². The zero-order chi connectivity index (χ0) is 17.0. The van der Waals surface area contributed by atoms with Gasteiger partial charge in [0.15, 0.2) is 0 Å². The number of rotatable bonds is 2. The molecule has 0 atom stereocenters. The van der Waals surface area contributed by atoms with Gasteiger partial charge in [0.1, 0.15) is 6.54 Å². The molecular formula is C13H17F3N2O3S. The molecule has 5 nitrogen and oxygen atoms in total. The van der Waals surface area contributed by atoms with Crippen molar-refractivity contribution in [1.82, 2.24) is 9.80 Å². The molecule has 1 aliphatic heterocycles. The molecule has 0 fully saturated rings. The number of hydrogen-bond acceptors (Lipinski definition) is 4. The van der Waals surface area contributed by atoms with E-state index in [1.807, 2.05) is 6.92 Å². The van der Waals surface area contributed by atoms with Crippen LogP contribution in [0.4, 0.5) is 13.2 Å². The molecule has 2 rings (SSSR count). The first-order valence-corrected chi connectivity index (χ1v) is 7.65. The lowest BCUT2D eigenvalue weighted by Gasteiger charge is -2.19. The molecule has 0 saturated carbocycles. The van der Waals surface area contributed by atoms with Crippen LogP contribution < -0.4 is 0 Å². The van der Waals surface area contributed by atoms with Gasteiger partial charge in [-0.1, -0.05) is 17.7 Å². The number of alkyl halides is 3. The summed E-state index contributed by atoms with van der Waals surface area (Å²) in [6.45, 7) is 1.29. The molecule has 0 radical (unpaired) electrons. The molecule has 0 saturated heterocycles. The average Bonchev–Trinajstić information content (AvgIpc) is 2.72. The minimum Gasteiger partial charge on any atom is -0.362 e. The monoisotopic (exact) mass is 338 g/mol. The van der Waals surface area contributed by atoms with Crippen molar-refractivity contribution in [2.75, 3.05) is 20.3 Å². The van der Waals surface area contributed by atoms with Gasteiger partial charge in [-0.2, -0.15) is 21.6 Å². The van der Waals surface area contributed by atoms with E-state index in [2.05, 4.69) is 0 Å². The van der Waals surface area contributed by atoms with Gasteiger partial charge in [0.2, 0.25) is 0 Å². The quantitative estimate of drug-likeness (QED) is 0.840. The Morgan fingerprint density at radius 1 is 1.18 bits per heavy atom. The molecule has 1 aromatic rings. The lowest BCUT2D eigenvalue weighted by atomic mass is 10.2. The van der Waals surface area contributed by atoms with Crippen LogP contribution >= 0.6 is 0 Å². The zero-order valence-electron chi connectivity index (χ0n) is 12.1. The Morgan fingerprint density at radius 2 is 1.73 bits per heavy atom. The Bertz CT molecular complexity index is 612. The number of nitrogens with zero attached hydrogens (tertiary/aromatic N) is 2. The van der Waals surface area contributed by atoms with Gasteiger partial charge in [-0.15, -0.1) is 0 Å². The van der Waals surface area contributed by atoms with E-state index in [0.717, 1.165) is 5.56 Å². The van der Waals surface area contributed by atoms with Gasteiger partial charge >= 0.3 is 6.18 Å². The van der Waals surface area contributed by atoms with E-state index in [1.165, 1.54) is 23.2 Å². The van der Waals surface area contributed by atoms with Crippen molar-refractivity contribution < 1.29 is 26.1 Å². The van der Waals surface area contributed by atoms with Crippen LogP contribution in [0.25, 0.3) is 0 Å². The molecule has 0 bridgehead atoms. The second-order valence-electron chi connectivity index (χ2n) is 4.85. The first-order chi connectivity index (χ1) is 9.97. The first-order valence-electron chi connectivity index (χ1n) is 6.21. The van der Waals surface area contributed by atoms with Gasteiger partial charge in [0.25, 0.3) is 10.1 Å². The fourth-order valence-electron chi connectivity index (χ4n) is 1.63. The summed E-state index contributed by atoms with van der Waals surface area (Å²) in [5, 5.41) is 0. The SMILES string of the molecule is CN1C=CN(CC(F)(F)F)C1.Cc1ccc(S(=O)(=O)O)cc1. The van der Waals surface area contributed by atoms with Crippen LogP contribution in [0.3, 0.4) is 0 Å². The third-order valence-corrected chi connectivity index (χ3v) is 3.51. The number of aryl methyl sites for hydroxylation is 1. The van der Waals surface area contributed by atoms with Crippen LogP contribution in [-0.2, 0) is 10.1 Å². The molecule has 124 valence electrons. The maximum Gasteiger partial charge on any atom is 0.405 e. The van der Waals surface area contributed by atoms with Crippen LogP contribution in [-0.4, -0.2) is 49.2 Å². The number of halogens is 3. The minimum absolute atomic E-state index is 0.0666. The molecular weight excluding hydrogens is 321 g/mol. The molecule has 1 aliphatic rings. The molecule has 22 heavy (non-hydrogen) atoms. The fraction of sp³-hybridized carbons (Fsp3) is 0.385. The lowest BCUT2D eigenvalue weighted by Crippen LogP contribution is -2.32. The van der Waals surface area contributed by atoms with E-state index in [9.17, 15) is 21.6 Å². The Balaban J connectivity index is 0.000000220. The van der Waals surface area contributed by atoms with Crippen LogP contribution in [0, 0.1) is 6.92 Å². The Labute approximate surface area is 127 Å². The van der Waals surface area contributed by atoms with E-state index in [0.29, 0.717) is 6.67 Å². The normalized spacial score (nSPS) is 14.8. The van der Waals surface area contributed by atoms with Crippen molar-refractivity contribution in [1.29, 1.82) is 0 Å². The Kier molecular flexibility index (Phi) is 5.84. The minimum atomic E-state index is -4.10. The first kappa shape index (κ1) is 18.3. The third-order valence-electron chi connectivity index (χ3n) is 2.64. The van der Waals surface area contributed by atoms with Crippen LogP contribution in [0.15, 0.2) is 41.6 Å². The summed E-state index contributed by atoms with van der Waals surface area (Å²) in [5.74, 6) is 0. The third kappa shape index (κ3) is 6.81. The van der Waals surface area contributed by atoms with Crippen LogP contribution in [0.2, 0.25) is 0 Å². The van der Waals surface area contributed by atoms with Gasteiger partial charge in [0, 0.05) is 19.4 Å². The maximum atomic E-state index is 11.7. The highest BCUT2D eigenvalue weighted by atomic mass is 32.2. The zero-order valence-corrected chi connectivity index (χ0v) is 12.9. The summed E-state index contributed by atoms with van der Waals surface area (Å²) in [7, 11) is -2.29. The van der Waals surface area contributed by atoms with Crippen LogP contribution in [0.1, 0.15) is 5.56 Å². The number of benzene rings is 1. The predicted molar refractivity (Wildman–Crippen MR) is 75.5 cm³/mol. The maximum absolute atomic E-state index is 11.7. The Hall–Kier alpha value is -1.74. The molecule has 9 heteroatoms. The van der Waals surface area contributed by atoms with Crippen molar-refractivity contribution in [2.45, 2.75) is 18.0 Å². The van der Waals surface area contributed by atoms with E-state index in [-0.39, 0.29) is 4.90 Å². The lowest BCUT2D eigenvalue weighted by molar-refractivity contribution is -0.141. The highest BCUT2D eigenvalue weighted by Crippen LogP contribution is 2.18. The summed E-state index contributed by atoms with van der Waals surface area (Å²) >= 11 is 0. The van der Waals surface area contributed by atoms with Crippen molar-refractivity contribution in [3.05, 3.63) is 42.2 Å². The topological polar surface area (TPSA) is 60.9 Å². The van der Waals surface area contributed by atoms with Gasteiger partial charge < -0.3 is 9.80 Å². The van der Waals surface area contributed by atoms with E-state index in [1.54, 1.807) is 30.3 Å². The molecule has 1 N–H and O–H groups in total. The van der Waals surface area contributed by atoms with Crippen molar-refractivity contribution >= 4 is 10.1 Å². The molecule has 0 aromatic heterocycles. The van der Waals surface area contributed by atoms with E-state index >= 15 is 0 Å². The Morgan fingerprint density at radius 3 is 2.09 bits per heavy atom. The van der Waals surface area contributed by atoms with Gasteiger partial charge in [-0.05, 0) is 19.1 Å². The van der Waals surface area contributed by atoms with E-state index < -0.39 is 22.8 Å². The summed E-state index contributed by atoms with van der Waals surface area (Å²) in [6, 6.07) is 5.99. The predicted octanol–water partition coefficient (Wildman–Crippen LogP) is 2.47. The van der Waals surface area contributed by atoms with E-state index in [4.69, 9.17) is 4.55 Å². The molecule has 0 spiro atoms. The number of hydrogen-bond donors (Lipinski definition) is 1. The smallest absolute Gasteiger partial charge is 0.362 e. The largest absolute Gasteiger partial charge is 0.405 e. The van der Waals surface area contributed by atoms with Gasteiger partial charge in [-0.3, -0.25) is 4.55 Å². The van der Waals surface area contributed by atoms with Crippen molar-refractivity contribution in [2.24, 2.45) is 0 Å². The molecule has 0 amide bonds. The second-order valence-corrected chi connectivity index (χ2v) is 6.27. The summed E-state index contributed by atoms with van der Waals surface area (Å²) in [6.07, 6.45) is -1.05. The molecule has 0 aliphatic carbocycles. The molecule has 1 aromatic carbocycles. The molecule has 1 heterocycles. The van der Waals surface area contributed by atoms with Crippen LogP contribution in [0.5, 0.6) is 0 Å². The fourth-order valence-corrected chi connectivity index (χ4v) is 2.11.